The van der Waals surface area contributed by atoms with Gasteiger partial charge in [0, 0.05) is 32.5 Å². The summed E-state index contributed by atoms with van der Waals surface area (Å²) in [5.74, 6) is 0.191. The topological polar surface area (TPSA) is 96.0 Å². The second kappa shape index (κ2) is 14.5. The van der Waals surface area contributed by atoms with Crippen molar-refractivity contribution in [2.24, 2.45) is 0 Å². The number of sulfonamides is 1. The van der Waals surface area contributed by atoms with Crippen molar-refractivity contribution in [3.05, 3.63) is 95.6 Å². The fourth-order valence-corrected chi connectivity index (χ4v) is 5.49. The molecule has 214 valence electrons. The Morgan fingerprint density at radius 3 is 2.25 bits per heavy atom. The van der Waals surface area contributed by atoms with E-state index in [2.05, 4.69) is 5.32 Å². The van der Waals surface area contributed by atoms with Crippen LogP contribution in [0.2, 0.25) is 0 Å². The zero-order valence-electron chi connectivity index (χ0n) is 23.7. The lowest BCUT2D eigenvalue weighted by Gasteiger charge is -2.32. The van der Waals surface area contributed by atoms with Crippen molar-refractivity contribution in [2.45, 2.75) is 45.7 Å². The summed E-state index contributed by atoms with van der Waals surface area (Å²) in [5, 5.41) is 2.88. The molecule has 3 rings (SSSR count). The van der Waals surface area contributed by atoms with Gasteiger partial charge in [0.25, 0.3) is 0 Å². The Bertz CT molecular complexity index is 1360. The molecule has 0 aliphatic rings. The number of methoxy groups -OCH3 is 1. The van der Waals surface area contributed by atoms with Gasteiger partial charge in [0.15, 0.2) is 0 Å². The number of carbonyl (C=O) groups excluding carboxylic acids is 2. The number of ether oxygens (including phenoxy) is 1. The van der Waals surface area contributed by atoms with Crippen LogP contribution in [0.3, 0.4) is 0 Å². The van der Waals surface area contributed by atoms with E-state index in [9.17, 15) is 18.0 Å². The molecule has 9 heteroatoms. The van der Waals surface area contributed by atoms with Gasteiger partial charge in [0.1, 0.15) is 11.8 Å². The lowest BCUT2D eigenvalue weighted by Crippen LogP contribution is -2.50. The number of hydrogen-bond acceptors (Lipinski definition) is 5. The molecule has 0 fully saturated rings. The minimum absolute atomic E-state index is 0.0759. The van der Waals surface area contributed by atoms with Crippen molar-refractivity contribution in [3.63, 3.8) is 0 Å². The van der Waals surface area contributed by atoms with Gasteiger partial charge in [-0.2, -0.15) is 0 Å². The predicted molar refractivity (Wildman–Crippen MR) is 159 cm³/mol. The number of benzene rings is 3. The van der Waals surface area contributed by atoms with E-state index < -0.39 is 16.1 Å². The number of hydrogen-bond donors (Lipinski definition) is 1. The van der Waals surface area contributed by atoms with E-state index in [0.717, 1.165) is 22.9 Å². The number of nitrogens with zero attached hydrogens (tertiary/aromatic N) is 2. The van der Waals surface area contributed by atoms with E-state index in [1.165, 1.54) is 4.31 Å². The number of carbonyl (C=O) groups is 2. The van der Waals surface area contributed by atoms with E-state index in [1.54, 1.807) is 24.1 Å². The summed E-state index contributed by atoms with van der Waals surface area (Å²) in [5.41, 5.74) is 3.34. The lowest BCUT2D eigenvalue weighted by atomic mass is 10.0. The lowest BCUT2D eigenvalue weighted by molar-refractivity contribution is -0.141. The van der Waals surface area contributed by atoms with Gasteiger partial charge in [0.05, 0.1) is 19.1 Å². The van der Waals surface area contributed by atoms with Crippen LogP contribution in [0.4, 0.5) is 5.69 Å². The molecule has 0 radical (unpaired) electrons. The van der Waals surface area contributed by atoms with Gasteiger partial charge in [-0.3, -0.25) is 13.9 Å². The molecule has 0 aliphatic carbocycles. The molecular weight excluding hydrogens is 526 g/mol. The van der Waals surface area contributed by atoms with Crippen LogP contribution < -0.4 is 14.4 Å². The zero-order chi connectivity index (χ0) is 29.1. The Kier molecular flexibility index (Phi) is 11.1. The molecule has 0 saturated carbocycles. The first-order valence-corrected chi connectivity index (χ1v) is 15.3. The molecule has 3 aromatic rings. The quantitative estimate of drug-likeness (QED) is 0.314. The first kappa shape index (κ1) is 30.7. The van der Waals surface area contributed by atoms with Crippen molar-refractivity contribution in [1.29, 1.82) is 0 Å². The highest BCUT2D eigenvalue weighted by Crippen LogP contribution is 2.22. The molecule has 3 aromatic carbocycles. The minimum Gasteiger partial charge on any atom is -0.497 e. The third-order valence-electron chi connectivity index (χ3n) is 6.58. The average molecular weight is 566 g/mol. The Morgan fingerprint density at radius 2 is 1.62 bits per heavy atom. The normalized spacial score (nSPS) is 11.9. The maximum atomic E-state index is 13.8. The monoisotopic (exact) mass is 565 g/mol. The molecule has 0 saturated heterocycles. The van der Waals surface area contributed by atoms with E-state index in [4.69, 9.17) is 4.74 Å². The number of rotatable bonds is 14. The SMILES string of the molecule is CCNC(=O)[C@H](Cc1ccccc1)N(Cc1cccc(OC)c1)C(=O)CCCN(c1ccc(C)cc1)S(C)(=O)=O. The Balaban J connectivity index is 1.87. The van der Waals surface area contributed by atoms with E-state index in [1.807, 2.05) is 80.6 Å². The fourth-order valence-electron chi connectivity index (χ4n) is 4.53. The van der Waals surface area contributed by atoms with Gasteiger partial charge in [-0.15, -0.1) is 0 Å². The van der Waals surface area contributed by atoms with Crippen LogP contribution in [0, 0.1) is 6.92 Å². The van der Waals surface area contributed by atoms with Gasteiger partial charge in [-0.05, 0) is 55.7 Å². The summed E-state index contributed by atoms with van der Waals surface area (Å²) < 4.78 is 31.8. The van der Waals surface area contributed by atoms with Crippen molar-refractivity contribution < 1.29 is 22.7 Å². The maximum Gasteiger partial charge on any atom is 0.243 e. The van der Waals surface area contributed by atoms with Gasteiger partial charge in [-0.1, -0.05) is 60.2 Å². The summed E-state index contributed by atoms with van der Waals surface area (Å²) in [6.45, 7) is 4.57. The van der Waals surface area contributed by atoms with Crippen molar-refractivity contribution in [1.82, 2.24) is 10.2 Å². The molecular formula is C31H39N3O5S. The van der Waals surface area contributed by atoms with Gasteiger partial charge in [-0.25, -0.2) is 8.42 Å². The van der Waals surface area contributed by atoms with Crippen LogP contribution in [0.15, 0.2) is 78.9 Å². The summed E-state index contributed by atoms with van der Waals surface area (Å²) in [4.78, 5) is 28.7. The van der Waals surface area contributed by atoms with Crippen LogP contribution in [0.25, 0.3) is 0 Å². The number of amides is 2. The summed E-state index contributed by atoms with van der Waals surface area (Å²) in [6.07, 6.45) is 1.88. The Morgan fingerprint density at radius 1 is 0.950 bits per heavy atom. The first-order chi connectivity index (χ1) is 19.1. The molecule has 2 amide bonds. The minimum atomic E-state index is -3.55. The first-order valence-electron chi connectivity index (χ1n) is 13.4. The van der Waals surface area contributed by atoms with Crippen LogP contribution in [0.5, 0.6) is 5.75 Å². The van der Waals surface area contributed by atoms with Crippen LogP contribution in [0.1, 0.15) is 36.5 Å². The number of nitrogens with one attached hydrogen (secondary N) is 1. The highest BCUT2D eigenvalue weighted by atomic mass is 32.2. The highest BCUT2D eigenvalue weighted by molar-refractivity contribution is 7.92. The second-order valence-electron chi connectivity index (χ2n) is 9.75. The molecule has 0 aliphatic heterocycles. The largest absolute Gasteiger partial charge is 0.497 e. The summed E-state index contributed by atoms with van der Waals surface area (Å²) in [6, 6.07) is 23.5. The zero-order valence-corrected chi connectivity index (χ0v) is 24.5. The molecule has 0 heterocycles. The Hall–Kier alpha value is -3.85. The van der Waals surface area contributed by atoms with Gasteiger partial charge >= 0.3 is 0 Å². The molecule has 8 nitrogen and oxygen atoms in total. The van der Waals surface area contributed by atoms with Gasteiger partial charge in [0.2, 0.25) is 21.8 Å². The highest BCUT2D eigenvalue weighted by Gasteiger charge is 2.30. The van der Waals surface area contributed by atoms with Gasteiger partial charge < -0.3 is 15.0 Å². The molecule has 1 atom stereocenters. The molecule has 0 bridgehead atoms. The third-order valence-corrected chi connectivity index (χ3v) is 7.78. The second-order valence-corrected chi connectivity index (χ2v) is 11.7. The van der Waals surface area contributed by atoms with E-state index in [-0.39, 0.29) is 31.3 Å². The number of anilines is 1. The number of likely N-dealkylation sites (N-methyl/N-ethyl adjacent to an activating group) is 1. The maximum absolute atomic E-state index is 13.8. The summed E-state index contributed by atoms with van der Waals surface area (Å²) in [7, 11) is -1.97. The predicted octanol–water partition coefficient (Wildman–Crippen LogP) is 4.33. The Labute approximate surface area is 238 Å². The number of aryl methyl sites for hydroxylation is 1. The molecule has 1 N–H and O–H groups in total. The van der Waals surface area contributed by atoms with Crippen LogP contribution >= 0.6 is 0 Å². The molecule has 0 spiro atoms. The van der Waals surface area contributed by atoms with Crippen molar-refractivity contribution in [3.8, 4) is 5.75 Å². The fraction of sp³-hybridized carbons (Fsp3) is 0.355. The molecule has 0 unspecified atom stereocenters. The van der Waals surface area contributed by atoms with E-state index in [0.29, 0.717) is 30.8 Å². The average Bonchev–Trinajstić information content (AvgIpc) is 2.93. The molecule has 0 aromatic heterocycles. The third kappa shape index (κ3) is 8.84. The van der Waals surface area contributed by atoms with E-state index >= 15 is 0 Å². The summed E-state index contributed by atoms with van der Waals surface area (Å²) >= 11 is 0. The van der Waals surface area contributed by atoms with Crippen molar-refractivity contribution in [2.75, 3.05) is 30.8 Å². The van der Waals surface area contributed by atoms with Crippen LogP contribution in [-0.4, -0.2) is 57.6 Å². The van der Waals surface area contributed by atoms with Crippen LogP contribution in [-0.2, 0) is 32.6 Å². The van der Waals surface area contributed by atoms with Crippen molar-refractivity contribution >= 4 is 27.5 Å². The molecule has 40 heavy (non-hydrogen) atoms. The standard InChI is InChI=1S/C31H39N3O5S/c1-5-32-31(36)29(22-25-11-7-6-8-12-25)33(23-26-13-9-14-28(21-26)39-3)30(35)15-10-20-34(40(4,37)38)27-18-16-24(2)17-19-27/h6-9,11-14,16-19,21,29H,5,10,15,20,22-23H2,1-4H3,(H,32,36)/t29-/m0/s1. The smallest absolute Gasteiger partial charge is 0.243 e.